The average molecular weight is 310 g/mol. The van der Waals surface area contributed by atoms with E-state index in [9.17, 15) is 4.79 Å². The van der Waals surface area contributed by atoms with Crippen LogP contribution in [-0.2, 0) is 6.42 Å². The fourth-order valence-electron chi connectivity index (χ4n) is 1.49. The van der Waals surface area contributed by atoms with E-state index in [4.69, 9.17) is 4.74 Å². The van der Waals surface area contributed by atoms with Crippen LogP contribution in [0.2, 0.25) is 0 Å². The third-order valence-corrected chi connectivity index (χ3v) is 3.08. The van der Waals surface area contributed by atoms with Crippen LogP contribution >= 0.6 is 15.9 Å². The molecule has 0 fully saturated rings. The van der Waals surface area contributed by atoms with E-state index in [1.54, 1.807) is 0 Å². The van der Waals surface area contributed by atoms with Crippen LogP contribution in [0.1, 0.15) is 18.3 Å². The van der Waals surface area contributed by atoms with Gasteiger partial charge in [-0.15, -0.1) is 0 Å². The van der Waals surface area contributed by atoms with E-state index in [1.807, 2.05) is 26.0 Å². The molecule has 0 aliphatic heterocycles. The van der Waals surface area contributed by atoms with Crippen LogP contribution in [0.5, 0.6) is 11.6 Å². The lowest BCUT2D eigenvalue weighted by Gasteiger charge is -2.09. The Morgan fingerprint density at radius 2 is 2.22 bits per heavy atom. The molecule has 2 heterocycles. The maximum Gasteiger partial charge on any atom is 0.268 e. The van der Waals surface area contributed by atoms with E-state index in [-0.39, 0.29) is 15.9 Å². The van der Waals surface area contributed by atoms with E-state index < -0.39 is 0 Å². The van der Waals surface area contributed by atoms with Gasteiger partial charge >= 0.3 is 0 Å². The summed E-state index contributed by atoms with van der Waals surface area (Å²) in [5.74, 6) is 0.848. The van der Waals surface area contributed by atoms with Crippen LogP contribution in [-0.4, -0.2) is 15.0 Å². The van der Waals surface area contributed by atoms with Gasteiger partial charge in [0.25, 0.3) is 5.56 Å². The molecule has 18 heavy (non-hydrogen) atoms. The quantitative estimate of drug-likeness (QED) is 0.946. The molecule has 0 radical (unpaired) electrons. The Morgan fingerprint density at radius 3 is 2.94 bits per heavy atom. The van der Waals surface area contributed by atoms with Gasteiger partial charge in [0.05, 0.1) is 12.0 Å². The third-order valence-electron chi connectivity index (χ3n) is 2.38. The van der Waals surface area contributed by atoms with Gasteiger partial charge in [-0.05, 0) is 41.4 Å². The molecule has 0 saturated carbocycles. The van der Waals surface area contributed by atoms with Gasteiger partial charge in [-0.25, -0.2) is 4.98 Å². The van der Waals surface area contributed by atoms with Crippen molar-refractivity contribution in [3.63, 3.8) is 0 Å². The summed E-state index contributed by atoms with van der Waals surface area (Å²) < 4.78 is 5.90. The number of hydrogen-bond acceptors (Lipinski definition) is 4. The van der Waals surface area contributed by atoms with Crippen LogP contribution in [0.25, 0.3) is 0 Å². The summed E-state index contributed by atoms with van der Waals surface area (Å²) in [7, 11) is 0. The summed E-state index contributed by atoms with van der Waals surface area (Å²) in [6, 6.07) is 3.69. The molecular formula is C12H12BrN3O2. The van der Waals surface area contributed by atoms with Crippen molar-refractivity contribution < 1.29 is 4.74 Å². The first kappa shape index (κ1) is 12.8. The highest BCUT2D eigenvalue weighted by atomic mass is 79.9. The van der Waals surface area contributed by atoms with E-state index in [0.717, 1.165) is 17.8 Å². The van der Waals surface area contributed by atoms with Gasteiger partial charge in [0.2, 0.25) is 5.88 Å². The SMILES string of the molecule is CCc1nc(C)ccc1Oc1nc[nH]c(=O)c1Br. The van der Waals surface area contributed by atoms with Crippen LogP contribution < -0.4 is 10.3 Å². The number of halogens is 1. The summed E-state index contributed by atoms with van der Waals surface area (Å²) in [6.45, 7) is 3.92. The van der Waals surface area contributed by atoms with Gasteiger partial charge < -0.3 is 9.72 Å². The zero-order valence-electron chi connectivity index (χ0n) is 10.0. The average Bonchev–Trinajstić information content (AvgIpc) is 2.37. The minimum atomic E-state index is -0.280. The normalized spacial score (nSPS) is 10.4. The van der Waals surface area contributed by atoms with Crippen molar-refractivity contribution in [1.82, 2.24) is 15.0 Å². The van der Waals surface area contributed by atoms with Crippen molar-refractivity contribution in [2.24, 2.45) is 0 Å². The number of rotatable bonds is 3. The molecule has 5 nitrogen and oxygen atoms in total. The second-order valence-electron chi connectivity index (χ2n) is 3.70. The van der Waals surface area contributed by atoms with Crippen molar-refractivity contribution in [3.05, 3.63) is 44.7 Å². The molecule has 1 N–H and O–H groups in total. The van der Waals surface area contributed by atoms with E-state index >= 15 is 0 Å². The summed E-state index contributed by atoms with van der Waals surface area (Å²) in [4.78, 5) is 22.2. The summed E-state index contributed by atoms with van der Waals surface area (Å²) >= 11 is 3.15. The molecule has 0 aliphatic carbocycles. The molecule has 0 bridgehead atoms. The number of pyridine rings is 1. The topological polar surface area (TPSA) is 67.9 Å². The molecule has 0 atom stereocenters. The Kier molecular flexibility index (Phi) is 3.76. The van der Waals surface area contributed by atoms with Crippen LogP contribution in [0.15, 0.2) is 27.7 Å². The monoisotopic (exact) mass is 309 g/mol. The molecule has 0 spiro atoms. The second-order valence-corrected chi connectivity index (χ2v) is 4.50. The first-order valence-corrected chi connectivity index (χ1v) is 6.28. The maximum atomic E-state index is 11.4. The number of aromatic nitrogens is 3. The third kappa shape index (κ3) is 2.59. The zero-order chi connectivity index (χ0) is 13.1. The molecule has 0 saturated heterocycles. The highest BCUT2D eigenvalue weighted by molar-refractivity contribution is 9.10. The molecule has 0 amide bonds. The van der Waals surface area contributed by atoms with Gasteiger partial charge in [-0.2, -0.15) is 0 Å². The summed E-state index contributed by atoms with van der Waals surface area (Å²) in [5.41, 5.74) is 1.49. The van der Waals surface area contributed by atoms with Crippen molar-refractivity contribution in [2.45, 2.75) is 20.3 Å². The number of nitrogens with one attached hydrogen (secondary N) is 1. The van der Waals surface area contributed by atoms with E-state index in [2.05, 4.69) is 30.9 Å². The second kappa shape index (κ2) is 5.30. The van der Waals surface area contributed by atoms with Crippen molar-refractivity contribution in [1.29, 1.82) is 0 Å². The van der Waals surface area contributed by atoms with Crippen LogP contribution in [0, 0.1) is 6.92 Å². The molecule has 0 aliphatic rings. The van der Waals surface area contributed by atoms with Crippen molar-refractivity contribution in [3.8, 4) is 11.6 Å². The van der Waals surface area contributed by atoms with Gasteiger partial charge in [-0.3, -0.25) is 9.78 Å². The minimum absolute atomic E-state index is 0.235. The fraction of sp³-hybridized carbons (Fsp3) is 0.250. The van der Waals surface area contributed by atoms with Crippen molar-refractivity contribution >= 4 is 15.9 Å². The molecule has 0 unspecified atom stereocenters. The van der Waals surface area contributed by atoms with Gasteiger partial charge in [0, 0.05) is 5.69 Å². The minimum Gasteiger partial charge on any atom is -0.436 e. The molecule has 2 rings (SSSR count). The van der Waals surface area contributed by atoms with Crippen LogP contribution in [0.3, 0.4) is 0 Å². The first-order chi connectivity index (χ1) is 8.61. The molecule has 6 heteroatoms. The summed E-state index contributed by atoms with van der Waals surface area (Å²) in [5, 5.41) is 0. The predicted octanol–water partition coefficient (Wildman–Crippen LogP) is 2.59. The highest BCUT2D eigenvalue weighted by Crippen LogP contribution is 2.26. The molecular weight excluding hydrogens is 298 g/mol. The zero-order valence-corrected chi connectivity index (χ0v) is 11.6. The number of ether oxygens (including phenoxy) is 1. The lowest BCUT2D eigenvalue weighted by Crippen LogP contribution is -2.08. The number of aryl methyl sites for hydroxylation is 2. The van der Waals surface area contributed by atoms with Crippen molar-refractivity contribution in [2.75, 3.05) is 0 Å². The van der Waals surface area contributed by atoms with Gasteiger partial charge in [0.1, 0.15) is 4.47 Å². The largest absolute Gasteiger partial charge is 0.436 e. The number of aromatic amines is 1. The molecule has 0 aromatic carbocycles. The number of H-pyrrole nitrogens is 1. The maximum absolute atomic E-state index is 11.4. The Bertz CT molecular complexity index is 625. The Morgan fingerprint density at radius 1 is 1.44 bits per heavy atom. The van der Waals surface area contributed by atoms with E-state index in [0.29, 0.717) is 5.75 Å². The van der Waals surface area contributed by atoms with E-state index in [1.165, 1.54) is 6.33 Å². The number of nitrogens with zero attached hydrogens (tertiary/aromatic N) is 2. The highest BCUT2D eigenvalue weighted by Gasteiger charge is 2.11. The predicted molar refractivity (Wildman–Crippen MR) is 71.0 cm³/mol. The lowest BCUT2D eigenvalue weighted by atomic mass is 10.2. The van der Waals surface area contributed by atoms with Crippen LogP contribution in [0.4, 0.5) is 0 Å². The fourth-order valence-corrected chi connectivity index (χ4v) is 1.78. The summed E-state index contributed by atoms with van der Waals surface area (Å²) in [6.07, 6.45) is 2.05. The Hall–Kier alpha value is -1.69. The molecule has 94 valence electrons. The van der Waals surface area contributed by atoms with Gasteiger partial charge in [0.15, 0.2) is 5.75 Å². The van der Waals surface area contributed by atoms with Gasteiger partial charge in [-0.1, -0.05) is 6.92 Å². The standard InChI is InChI=1S/C12H12BrN3O2/c1-3-8-9(5-4-7(2)16-8)18-12-10(13)11(17)14-6-15-12/h4-6H,3H2,1-2H3,(H,14,15,17). The Labute approximate surface area is 112 Å². The molecule has 2 aromatic rings. The first-order valence-electron chi connectivity index (χ1n) is 5.49. The Balaban J connectivity index is 2.40. The number of hydrogen-bond donors (Lipinski definition) is 1. The smallest absolute Gasteiger partial charge is 0.268 e. The molecule has 2 aromatic heterocycles. The lowest BCUT2D eigenvalue weighted by molar-refractivity contribution is 0.448.